The molecule has 9 nitrogen and oxygen atoms in total. The van der Waals surface area contributed by atoms with Crippen molar-refractivity contribution in [3.05, 3.63) is 54.1 Å². The molecule has 0 bridgehead atoms. The fourth-order valence-corrected chi connectivity index (χ4v) is 4.06. The van der Waals surface area contributed by atoms with Gasteiger partial charge in [-0.1, -0.05) is 0 Å². The summed E-state index contributed by atoms with van der Waals surface area (Å²) >= 11 is 0. The fraction of sp³-hybridized carbons (Fsp3) is 0.333. The van der Waals surface area contributed by atoms with Crippen molar-refractivity contribution in [3.63, 3.8) is 0 Å². The average Bonchev–Trinajstić information content (AvgIpc) is 2.79. The lowest BCUT2D eigenvalue weighted by molar-refractivity contribution is -0.142. The third kappa shape index (κ3) is 5.74. The molecule has 0 saturated carbocycles. The van der Waals surface area contributed by atoms with E-state index in [1.54, 1.807) is 11.8 Å². The Morgan fingerprint density at radius 2 is 1.65 bits per heavy atom. The van der Waals surface area contributed by atoms with Gasteiger partial charge in [0.1, 0.15) is 5.75 Å². The van der Waals surface area contributed by atoms with Crippen LogP contribution in [0.15, 0.2) is 53.4 Å². The number of hydrogen-bond donors (Lipinski definition) is 1. The van der Waals surface area contributed by atoms with Gasteiger partial charge in [0.05, 0.1) is 30.8 Å². The van der Waals surface area contributed by atoms with Crippen LogP contribution in [0.3, 0.4) is 0 Å². The molecule has 1 amide bonds. The minimum absolute atomic E-state index is 0.0315. The van der Waals surface area contributed by atoms with Gasteiger partial charge in [0.15, 0.2) is 6.10 Å². The molecule has 2 aromatic carbocycles. The fourth-order valence-electron chi connectivity index (χ4n) is 3.00. The molecule has 1 heterocycles. The van der Waals surface area contributed by atoms with Crippen LogP contribution in [0.5, 0.6) is 5.75 Å². The molecule has 2 aromatic rings. The van der Waals surface area contributed by atoms with Crippen LogP contribution in [-0.4, -0.2) is 64.7 Å². The summed E-state index contributed by atoms with van der Waals surface area (Å²) in [7, 11) is -2.57. The maximum absolute atomic E-state index is 12.6. The van der Waals surface area contributed by atoms with Gasteiger partial charge in [-0.15, -0.1) is 0 Å². The van der Waals surface area contributed by atoms with Crippen molar-refractivity contribution in [2.24, 2.45) is 0 Å². The number of carbonyl (C=O) groups excluding carboxylic acids is 2. The molecule has 0 unspecified atom stereocenters. The van der Waals surface area contributed by atoms with E-state index in [2.05, 4.69) is 9.46 Å². The van der Waals surface area contributed by atoms with Crippen LogP contribution in [0.1, 0.15) is 17.3 Å². The smallest absolute Gasteiger partial charge is 0.337 e. The number of nitrogens with zero attached hydrogens (tertiary/aromatic N) is 1. The van der Waals surface area contributed by atoms with Crippen molar-refractivity contribution in [1.29, 1.82) is 0 Å². The first kappa shape index (κ1) is 22.6. The van der Waals surface area contributed by atoms with Crippen LogP contribution in [-0.2, 0) is 24.3 Å². The number of carbonyl (C=O) groups is 2. The molecule has 0 aromatic heterocycles. The molecule has 31 heavy (non-hydrogen) atoms. The van der Waals surface area contributed by atoms with Crippen molar-refractivity contribution in [2.75, 3.05) is 38.1 Å². The highest BCUT2D eigenvalue weighted by Gasteiger charge is 2.24. The van der Waals surface area contributed by atoms with Gasteiger partial charge in [-0.05, 0) is 55.5 Å². The molecule has 3 rings (SSSR count). The monoisotopic (exact) mass is 448 g/mol. The van der Waals surface area contributed by atoms with Crippen LogP contribution >= 0.6 is 0 Å². The summed E-state index contributed by atoms with van der Waals surface area (Å²) in [6, 6.07) is 11.7. The molecule has 1 fully saturated rings. The zero-order valence-electron chi connectivity index (χ0n) is 17.2. The Morgan fingerprint density at radius 3 is 2.23 bits per heavy atom. The van der Waals surface area contributed by atoms with E-state index in [0.29, 0.717) is 43.3 Å². The van der Waals surface area contributed by atoms with E-state index in [1.807, 2.05) is 0 Å². The summed E-state index contributed by atoms with van der Waals surface area (Å²) in [5.41, 5.74) is 0.616. The summed E-state index contributed by atoms with van der Waals surface area (Å²) in [5, 5.41) is 0. The topological polar surface area (TPSA) is 111 Å². The number of sulfonamides is 1. The van der Waals surface area contributed by atoms with E-state index in [0.717, 1.165) is 0 Å². The molecule has 0 aliphatic carbocycles. The minimum Gasteiger partial charge on any atom is -0.481 e. The first-order valence-electron chi connectivity index (χ1n) is 9.64. The Hall–Kier alpha value is -3.11. The maximum atomic E-state index is 12.6. The van der Waals surface area contributed by atoms with Crippen molar-refractivity contribution < 1.29 is 32.2 Å². The van der Waals surface area contributed by atoms with E-state index in [1.165, 1.54) is 55.6 Å². The normalized spacial score (nSPS) is 15.1. The van der Waals surface area contributed by atoms with E-state index >= 15 is 0 Å². The van der Waals surface area contributed by atoms with Crippen LogP contribution in [0.2, 0.25) is 0 Å². The third-order valence-electron chi connectivity index (χ3n) is 4.68. The lowest BCUT2D eigenvalue weighted by Gasteiger charge is -2.29. The molecule has 1 saturated heterocycles. The first-order chi connectivity index (χ1) is 14.8. The summed E-state index contributed by atoms with van der Waals surface area (Å²) in [5.74, 6) is -0.265. The largest absolute Gasteiger partial charge is 0.481 e. The number of ether oxygens (including phenoxy) is 3. The van der Waals surface area contributed by atoms with Gasteiger partial charge in [0.25, 0.3) is 15.9 Å². The van der Waals surface area contributed by atoms with E-state index in [4.69, 9.17) is 9.47 Å². The minimum atomic E-state index is -3.84. The molecule has 1 aliphatic heterocycles. The summed E-state index contributed by atoms with van der Waals surface area (Å²) in [6.45, 7) is 3.71. The Balaban J connectivity index is 1.62. The highest BCUT2D eigenvalue weighted by molar-refractivity contribution is 7.92. The average molecular weight is 448 g/mol. The van der Waals surface area contributed by atoms with E-state index in [-0.39, 0.29) is 10.8 Å². The maximum Gasteiger partial charge on any atom is 0.337 e. The number of morpholine rings is 1. The molecule has 10 heteroatoms. The third-order valence-corrected chi connectivity index (χ3v) is 6.07. The van der Waals surface area contributed by atoms with Crippen LogP contribution in [0.25, 0.3) is 0 Å². The molecule has 1 aliphatic rings. The number of methoxy groups -OCH3 is 1. The number of rotatable bonds is 7. The molecule has 0 spiro atoms. The van der Waals surface area contributed by atoms with Crippen LogP contribution < -0.4 is 9.46 Å². The van der Waals surface area contributed by atoms with Gasteiger partial charge in [-0.25, -0.2) is 13.2 Å². The van der Waals surface area contributed by atoms with Gasteiger partial charge in [-0.2, -0.15) is 0 Å². The number of benzene rings is 2. The second-order valence-electron chi connectivity index (χ2n) is 6.84. The Morgan fingerprint density at radius 1 is 1.03 bits per heavy atom. The quantitative estimate of drug-likeness (QED) is 0.644. The zero-order chi connectivity index (χ0) is 22.4. The highest BCUT2D eigenvalue weighted by atomic mass is 32.2. The predicted molar refractivity (Wildman–Crippen MR) is 113 cm³/mol. The predicted octanol–water partition coefficient (Wildman–Crippen LogP) is 1.90. The van der Waals surface area contributed by atoms with Gasteiger partial charge in [0.2, 0.25) is 0 Å². The molecular weight excluding hydrogens is 424 g/mol. The number of amides is 1. The highest BCUT2D eigenvalue weighted by Crippen LogP contribution is 2.21. The van der Waals surface area contributed by atoms with E-state index < -0.39 is 22.1 Å². The zero-order valence-corrected chi connectivity index (χ0v) is 18.1. The molecule has 0 radical (unpaired) electrons. The number of nitrogens with one attached hydrogen (secondary N) is 1. The molecule has 1 N–H and O–H groups in total. The lowest BCUT2D eigenvalue weighted by Crippen LogP contribution is -2.46. The van der Waals surface area contributed by atoms with Gasteiger partial charge < -0.3 is 19.1 Å². The molecule has 1 atom stereocenters. The van der Waals surface area contributed by atoms with Crippen molar-refractivity contribution in [2.45, 2.75) is 17.9 Å². The Kier molecular flexibility index (Phi) is 7.13. The summed E-state index contributed by atoms with van der Waals surface area (Å²) in [6.07, 6.45) is -0.702. The van der Waals surface area contributed by atoms with Gasteiger partial charge in [0, 0.05) is 18.8 Å². The van der Waals surface area contributed by atoms with Crippen molar-refractivity contribution in [1.82, 2.24) is 4.90 Å². The first-order valence-corrected chi connectivity index (χ1v) is 11.1. The second-order valence-corrected chi connectivity index (χ2v) is 8.53. The summed E-state index contributed by atoms with van der Waals surface area (Å²) < 4.78 is 43.2. The van der Waals surface area contributed by atoms with Gasteiger partial charge in [-0.3, -0.25) is 9.52 Å². The Labute approximate surface area is 181 Å². The SMILES string of the molecule is COC(=O)c1ccc(NS(=O)(=O)c2ccc(O[C@H](C)C(=O)N3CCOCC3)cc2)cc1. The van der Waals surface area contributed by atoms with E-state index in [9.17, 15) is 18.0 Å². The number of esters is 1. The number of anilines is 1. The van der Waals surface area contributed by atoms with Crippen LogP contribution in [0.4, 0.5) is 5.69 Å². The summed E-state index contributed by atoms with van der Waals surface area (Å²) in [4.78, 5) is 25.6. The van der Waals surface area contributed by atoms with Crippen molar-refractivity contribution in [3.8, 4) is 5.75 Å². The second kappa shape index (κ2) is 9.80. The standard InChI is InChI=1S/C21H24N2O7S/c1-15(20(24)23-11-13-29-14-12-23)30-18-7-9-19(10-8-18)31(26,27)22-17-5-3-16(4-6-17)21(25)28-2/h3-10,15,22H,11-14H2,1-2H3/t15-/m1/s1. The Bertz CT molecular complexity index is 1010. The number of hydrogen-bond acceptors (Lipinski definition) is 7. The molecular formula is C21H24N2O7S. The van der Waals surface area contributed by atoms with Crippen molar-refractivity contribution >= 4 is 27.6 Å². The van der Waals surface area contributed by atoms with Crippen LogP contribution in [0, 0.1) is 0 Å². The lowest BCUT2D eigenvalue weighted by atomic mass is 10.2. The molecule has 166 valence electrons. The van der Waals surface area contributed by atoms with Gasteiger partial charge >= 0.3 is 5.97 Å².